The van der Waals surface area contributed by atoms with Gasteiger partial charge in [0.05, 0.1) is 17.8 Å². The van der Waals surface area contributed by atoms with E-state index in [1.165, 1.54) is 18.2 Å². The van der Waals surface area contributed by atoms with E-state index in [4.69, 9.17) is 11.6 Å². The Labute approximate surface area is 145 Å². The van der Waals surface area contributed by atoms with Gasteiger partial charge in [0.25, 0.3) is 11.8 Å². The van der Waals surface area contributed by atoms with Crippen LogP contribution in [0, 0.1) is 5.82 Å². The fraction of sp³-hybridized carbons (Fsp3) is 0.0667. The summed E-state index contributed by atoms with van der Waals surface area (Å²) in [7, 11) is 0. The zero-order valence-electron chi connectivity index (χ0n) is 11.7. The monoisotopic (exact) mass is 399 g/mol. The summed E-state index contributed by atoms with van der Waals surface area (Å²) in [6.07, 6.45) is 0. The first-order valence-corrected chi connectivity index (χ1v) is 7.67. The summed E-state index contributed by atoms with van der Waals surface area (Å²) in [6.45, 7) is -0.229. The minimum Gasteiger partial charge on any atom is -0.374 e. The van der Waals surface area contributed by atoms with Crippen molar-refractivity contribution in [1.82, 2.24) is 10.9 Å². The first-order valence-electron chi connectivity index (χ1n) is 6.50. The van der Waals surface area contributed by atoms with Crippen molar-refractivity contribution in [3.05, 3.63) is 63.3 Å². The maximum atomic E-state index is 13.5. The predicted molar refractivity (Wildman–Crippen MR) is 89.7 cm³/mol. The van der Waals surface area contributed by atoms with E-state index >= 15 is 0 Å². The summed E-state index contributed by atoms with van der Waals surface area (Å²) >= 11 is 8.99. The second-order valence-electron chi connectivity index (χ2n) is 4.46. The van der Waals surface area contributed by atoms with Crippen LogP contribution in [-0.2, 0) is 4.79 Å². The number of carbonyl (C=O) groups is 2. The number of benzene rings is 2. The highest BCUT2D eigenvalue weighted by molar-refractivity contribution is 9.10. The van der Waals surface area contributed by atoms with Crippen molar-refractivity contribution < 1.29 is 14.0 Å². The van der Waals surface area contributed by atoms with Crippen LogP contribution >= 0.6 is 27.5 Å². The molecule has 2 aromatic carbocycles. The van der Waals surface area contributed by atoms with Crippen LogP contribution < -0.4 is 16.2 Å². The molecule has 2 aromatic rings. The van der Waals surface area contributed by atoms with E-state index in [1.807, 2.05) is 0 Å². The molecule has 0 unspecified atom stereocenters. The molecule has 0 aliphatic heterocycles. The maximum absolute atomic E-state index is 13.5. The number of hydrogen-bond donors (Lipinski definition) is 3. The molecule has 0 bridgehead atoms. The topological polar surface area (TPSA) is 70.2 Å². The molecule has 2 rings (SSSR count). The van der Waals surface area contributed by atoms with Gasteiger partial charge in [-0.3, -0.25) is 20.4 Å². The van der Waals surface area contributed by atoms with E-state index in [2.05, 4.69) is 32.1 Å². The normalized spacial score (nSPS) is 10.0. The van der Waals surface area contributed by atoms with Gasteiger partial charge < -0.3 is 5.32 Å². The fourth-order valence-corrected chi connectivity index (χ4v) is 2.33. The molecule has 5 nitrogen and oxygen atoms in total. The van der Waals surface area contributed by atoms with Gasteiger partial charge in [0.2, 0.25) is 0 Å². The Morgan fingerprint density at radius 3 is 2.61 bits per heavy atom. The fourth-order valence-electron chi connectivity index (χ4n) is 1.69. The van der Waals surface area contributed by atoms with Crippen molar-refractivity contribution in [2.45, 2.75) is 0 Å². The lowest BCUT2D eigenvalue weighted by Crippen LogP contribution is -2.44. The number of halogens is 3. The van der Waals surface area contributed by atoms with Crippen molar-refractivity contribution >= 4 is 45.0 Å². The molecule has 0 atom stereocenters. The summed E-state index contributed by atoms with van der Waals surface area (Å²) in [5.41, 5.74) is 4.99. The van der Waals surface area contributed by atoms with Crippen LogP contribution in [0.15, 0.2) is 46.9 Å². The zero-order chi connectivity index (χ0) is 16.8. The first kappa shape index (κ1) is 17.2. The van der Waals surface area contributed by atoms with Crippen molar-refractivity contribution in [1.29, 1.82) is 0 Å². The van der Waals surface area contributed by atoms with Gasteiger partial charge >= 0.3 is 0 Å². The van der Waals surface area contributed by atoms with Crippen molar-refractivity contribution in [2.75, 3.05) is 11.9 Å². The standard InChI is InChI=1S/C15H12BrClFN3O2/c16-11-4-2-1-3-10(11)15(23)21-20-14(22)8-19-13-7-9(17)5-6-12(13)18/h1-7,19H,8H2,(H,20,22)(H,21,23). The smallest absolute Gasteiger partial charge is 0.270 e. The van der Waals surface area contributed by atoms with Gasteiger partial charge in [-0.15, -0.1) is 0 Å². The summed E-state index contributed by atoms with van der Waals surface area (Å²) in [5.74, 6) is -1.54. The number of amides is 2. The second kappa shape index (κ2) is 7.94. The molecular formula is C15H12BrClFN3O2. The molecule has 120 valence electrons. The molecule has 23 heavy (non-hydrogen) atoms. The Kier molecular flexibility index (Phi) is 5.95. The van der Waals surface area contributed by atoms with Crippen molar-refractivity contribution in [3.8, 4) is 0 Å². The molecule has 0 aromatic heterocycles. The first-order chi connectivity index (χ1) is 11.0. The highest BCUT2D eigenvalue weighted by atomic mass is 79.9. The Hall–Kier alpha value is -2.12. The quantitative estimate of drug-likeness (QED) is 0.691. The minimum absolute atomic E-state index is 0.102. The van der Waals surface area contributed by atoms with Gasteiger partial charge in [-0.1, -0.05) is 23.7 Å². The molecule has 0 fully saturated rings. The SMILES string of the molecule is O=C(CNc1cc(Cl)ccc1F)NNC(=O)c1ccccc1Br. The Morgan fingerprint density at radius 1 is 1.13 bits per heavy atom. The van der Waals surface area contributed by atoms with Crippen molar-refractivity contribution in [2.24, 2.45) is 0 Å². The average molecular weight is 401 g/mol. The number of nitrogens with one attached hydrogen (secondary N) is 3. The Bertz CT molecular complexity index is 742. The number of carbonyl (C=O) groups excluding carboxylic acids is 2. The second-order valence-corrected chi connectivity index (χ2v) is 5.75. The van der Waals surface area contributed by atoms with E-state index in [-0.39, 0.29) is 12.2 Å². The lowest BCUT2D eigenvalue weighted by Gasteiger charge is -2.10. The maximum Gasteiger partial charge on any atom is 0.270 e. The minimum atomic E-state index is -0.537. The van der Waals surface area contributed by atoms with Gasteiger partial charge in [0.1, 0.15) is 5.82 Å². The number of hydrogen-bond acceptors (Lipinski definition) is 3. The molecule has 0 saturated heterocycles. The highest BCUT2D eigenvalue weighted by Crippen LogP contribution is 2.19. The lowest BCUT2D eigenvalue weighted by molar-refractivity contribution is -0.120. The summed E-state index contributed by atoms with van der Waals surface area (Å²) in [4.78, 5) is 23.6. The molecule has 8 heteroatoms. The molecule has 2 amide bonds. The van der Waals surface area contributed by atoms with Crippen LogP contribution in [0.25, 0.3) is 0 Å². The largest absolute Gasteiger partial charge is 0.374 e. The van der Waals surface area contributed by atoms with Crippen LogP contribution in [0.1, 0.15) is 10.4 Å². The molecule has 0 aliphatic rings. The van der Waals surface area contributed by atoms with Gasteiger partial charge in [-0.25, -0.2) is 4.39 Å². The van der Waals surface area contributed by atoms with Crippen LogP contribution in [0.2, 0.25) is 5.02 Å². The van der Waals surface area contributed by atoms with Gasteiger partial charge in [0, 0.05) is 9.50 Å². The lowest BCUT2D eigenvalue weighted by atomic mass is 10.2. The number of hydrazine groups is 1. The van der Waals surface area contributed by atoms with Crippen LogP contribution in [-0.4, -0.2) is 18.4 Å². The van der Waals surface area contributed by atoms with E-state index in [9.17, 15) is 14.0 Å². The molecule has 0 aliphatic carbocycles. The number of anilines is 1. The van der Waals surface area contributed by atoms with Crippen LogP contribution in [0.5, 0.6) is 0 Å². The predicted octanol–water partition coefficient (Wildman–Crippen LogP) is 3.11. The third-order valence-corrected chi connectivity index (χ3v) is 3.73. The van der Waals surface area contributed by atoms with E-state index < -0.39 is 17.6 Å². The summed E-state index contributed by atoms with van der Waals surface area (Å²) in [6, 6.07) is 10.7. The van der Waals surface area contributed by atoms with Crippen LogP contribution in [0.4, 0.5) is 10.1 Å². The molecule has 0 heterocycles. The van der Waals surface area contributed by atoms with E-state index in [0.717, 1.165) is 0 Å². The molecular weight excluding hydrogens is 389 g/mol. The average Bonchev–Trinajstić information content (AvgIpc) is 2.54. The third-order valence-electron chi connectivity index (χ3n) is 2.80. The zero-order valence-corrected chi connectivity index (χ0v) is 14.0. The Balaban J connectivity index is 1.85. The summed E-state index contributed by atoms with van der Waals surface area (Å²) < 4.78 is 14.1. The molecule has 0 saturated carbocycles. The molecule has 0 radical (unpaired) electrons. The highest BCUT2D eigenvalue weighted by Gasteiger charge is 2.10. The third kappa shape index (κ3) is 4.94. The van der Waals surface area contributed by atoms with Gasteiger partial charge in [-0.05, 0) is 46.3 Å². The molecule has 3 N–H and O–H groups in total. The van der Waals surface area contributed by atoms with Gasteiger partial charge in [0.15, 0.2) is 0 Å². The van der Waals surface area contributed by atoms with Crippen LogP contribution in [0.3, 0.4) is 0 Å². The van der Waals surface area contributed by atoms with Gasteiger partial charge in [-0.2, -0.15) is 0 Å². The van der Waals surface area contributed by atoms with E-state index in [0.29, 0.717) is 15.1 Å². The van der Waals surface area contributed by atoms with E-state index in [1.54, 1.807) is 24.3 Å². The number of rotatable bonds is 4. The molecule has 0 spiro atoms. The Morgan fingerprint density at radius 2 is 1.87 bits per heavy atom. The summed E-state index contributed by atoms with van der Waals surface area (Å²) in [5, 5.41) is 2.94. The van der Waals surface area contributed by atoms with Crippen molar-refractivity contribution in [3.63, 3.8) is 0 Å².